The minimum Gasteiger partial charge on any atom is -0.484 e. The first-order valence-electron chi connectivity index (χ1n) is 5.30. The predicted octanol–water partition coefficient (Wildman–Crippen LogP) is 2.67. The van der Waals surface area contributed by atoms with Gasteiger partial charge in [0, 0.05) is 11.6 Å². The van der Waals surface area contributed by atoms with E-state index in [2.05, 4.69) is 9.47 Å². The van der Waals surface area contributed by atoms with Gasteiger partial charge in [-0.2, -0.15) is 26.3 Å². The molecule has 2 N–H and O–H groups in total. The Bertz CT molecular complexity index is 475. The molecule has 0 aliphatic carbocycles. The predicted molar refractivity (Wildman–Crippen MR) is 58.1 cm³/mol. The molecule has 0 radical (unpaired) electrons. The Balaban J connectivity index is 2.92. The minimum atomic E-state index is -4.64. The molecule has 1 amide bonds. The zero-order valence-electron chi connectivity index (χ0n) is 10.2. The molecular weight excluding hydrogens is 308 g/mol. The van der Waals surface area contributed by atoms with Crippen molar-refractivity contribution >= 4 is 5.91 Å². The van der Waals surface area contributed by atoms with Crippen LogP contribution < -0.4 is 15.2 Å². The molecule has 10 heteroatoms. The van der Waals surface area contributed by atoms with Crippen molar-refractivity contribution in [2.45, 2.75) is 12.4 Å². The summed E-state index contributed by atoms with van der Waals surface area (Å²) >= 11 is 0. The highest BCUT2D eigenvalue weighted by Gasteiger charge is 2.30. The van der Waals surface area contributed by atoms with E-state index >= 15 is 0 Å². The Morgan fingerprint density at radius 2 is 1.29 bits per heavy atom. The molecule has 0 atom stereocenters. The van der Waals surface area contributed by atoms with Crippen molar-refractivity contribution in [2.24, 2.45) is 5.73 Å². The molecule has 4 nitrogen and oxygen atoms in total. The fourth-order valence-corrected chi connectivity index (χ4v) is 1.21. The summed E-state index contributed by atoms with van der Waals surface area (Å²) in [6.07, 6.45) is -9.29. The zero-order valence-corrected chi connectivity index (χ0v) is 10.2. The summed E-state index contributed by atoms with van der Waals surface area (Å²) in [7, 11) is 0. The summed E-state index contributed by atoms with van der Waals surface area (Å²) in [6, 6.07) is 2.53. The first-order valence-corrected chi connectivity index (χ1v) is 5.30. The van der Waals surface area contributed by atoms with Crippen LogP contribution in [-0.4, -0.2) is 31.5 Å². The van der Waals surface area contributed by atoms with Gasteiger partial charge in [-0.3, -0.25) is 4.79 Å². The van der Waals surface area contributed by atoms with E-state index < -0.39 is 43.0 Å². The van der Waals surface area contributed by atoms with Gasteiger partial charge in [0.25, 0.3) is 0 Å². The monoisotopic (exact) mass is 317 g/mol. The summed E-state index contributed by atoms with van der Waals surface area (Å²) in [5, 5.41) is 0. The number of amides is 1. The first-order chi connectivity index (χ1) is 9.46. The maximum absolute atomic E-state index is 12.0. The quantitative estimate of drug-likeness (QED) is 0.849. The van der Waals surface area contributed by atoms with E-state index in [1.807, 2.05) is 0 Å². The van der Waals surface area contributed by atoms with Gasteiger partial charge in [-0.15, -0.1) is 0 Å². The van der Waals surface area contributed by atoms with Gasteiger partial charge >= 0.3 is 12.4 Å². The average Bonchev–Trinajstić information content (AvgIpc) is 2.32. The summed E-state index contributed by atoms with van der Waals surface area (Å²) in [4.78, 5) is 11.0. The van der Waals surface area contributed by atoms with E-state index in [1.54, 1.807) is 0 Å². The van der Waals surface area contributed by atoms with Crippen molar-refractivity contribution in [2.75, 3.05) is 13.2 Å². The highest BCUT2D eigenvalue weighted by Crippen LogP contribution is 2.26. The van der Waals surface area contributed by atoms with Gasteiger partial charge in [0.05, 0.1) is 0 Å². The Morgan fingerprint density at radius 3 is 1.57 bits per heavy atom. The molecule has 0 aliphatic heterocycles. The highest BCUT2D eigenvalue weighted by molar-refractivity contribution is 5.93. The molecule has 0 aliphatic rings. The SMILES string of the molecule is NC(=O)c1cc(OCC(F)(F)F)cc(OCC(F)(F)F)c1. The van der Waals surface area contributed by atoms with Crippen molar-refractivity contribution in [1.29, 1.82) is 0 Å². The Hall–Kier alpha value is -2.13. The zero-order chi connectivity index (χ0) is 16.3. The Labute approximate surface area is 114 Å². The fraction of sp³-hybridized carbons (Fsp3) is 0.364. The standard InChI is InChI=1S/C11H9F6NO3/c12-10(13,14)4-20-7-1-6(9(18)19)2-8(3-7)21-5-11(15,16)17/h1-3H,4-5H2,(H2,18,19). The van der Waals surface area contributed by atoms with Crippen molar-refractivity contribution in [3.05, 3.63) is 23.8 Å². The van der Waals surface area contributed by atoms with Crippen LogP contribution in [0.3, 0.4) is 0 Å². The van der Waals surface area contributed by atoms with Gasteiger partial charge in [0.1, 0.15) is 11.5 Å². The minimum absolute atomic E-state index is 0.341. The number of alkyl halides is 6. The topological polar surface area (TPSA) is 61.6 Å². The number of hydrogen-bond donors (Lipinski definition) is 1. The number of benzene rings is 1. The molecule has 1 aromatic rings. The molecule has 1 rings (SSSR count). The normalized spacial score (nSPS) is 12.1. The molecule has 0 saturated carbocycles. The molecule has 0 fully saturated rings. The van der Waals surface area contributed by atoms with Crippen molar-refractivity contribution < 1.29 is 40.6 Å². The van der Waals surface area contributed by atoms with E-state index in [1.165, 1.54) is 0 Å². The molecule has 0 heterocycles. The number of carbonyl (C=O) groups excluding carboxylic acids is 1. The summed E-state index contributed by atoms with van der Waals surface area (Å²) in [6.45, 7) is -3.35. The van der Waals surface area contributed by atoms with Crippen molar-refractivity contribution in [3.8, 4) is 11.5 Å². The second kappa shape index (κ2) is 6.10. The average molecular weight is 317 g/mol. The second-order valence-corrected chi connectivity index (χ2v) is 3.87. The van der Waals surface area contributed by atoms with E-state index in [0.717, 1.165) is 18.2 Å². The first kappa shape index (κ1) is 16.9. The van der Waals surface area contributed by atoms with Crippen LogP contribution in [0.2, 0.25) is 0 Å². The fourth-order valence-electron chi connectivity index (χ4n) is 1.21. The van der Waals surface area contributed by atoms with Crippen LogP contribution in [0.1, 0.15) is 10.4 Å². The molecule has 0 saturated heterocycles. The Morgan fingerprint density at radius 1 is 0.905 bits per heavy atom. The molecule has 1 aromatic carbocycles. The lowest BCUT2D eigenvalue weighted by Crippen LogP contribution is -2.21. The summed E-state index contributed by atoms with van der Waals surface area (Å²) in [5.41, 5.74) is 4.58. The summed E-state index contributed by atoms with van der Waals surface area (Å²) in [5.74, 6) is -2.02. The molecule has 0 aromatic heterocycles. The highest BCUT2D eigenvalue weighted by atomic mass is 19.4. The van der Waals surface area contributed by atoms with E-state index in [0.29, 0.717) is 0 Å². The van der Waals surface area contributed by atoms with Crippen LogP contribution in [0.4, 0.5) is 26.3 Å². The number of ether oxygens (including phenoxy) is 2. The molecular formula is C11H9F6NO3. The third-order valence-electron chi connectivity index (χ3n) is 1.97. The molecule has 0 bridgehead atoms. The van der Waals surface area contributed by atoms with Gasteiger partial charge in [-0.05, 0) is 12.1 Å². The molecule has 0 spiro atoms. The van der Waals surface area contributed by atoms with Gasteiger partial charge in [0.15, 0.2) is 13.2 Å². The van der Waals surface area contributed by atoms with Crippen molar-refractivity contribution in [3.63, 3.8) is 0 Å². The van der Waals surface area contributed by atoms with Gasteiger partial charge in [0.2, 0.25) is 5.91 Å². The van der Waals surface area contributed by atoms with Gasteiger partial charge in [-0.1, -0.05) is 0 Å². The van der Waals surface area contributed by atoms with Gasteiger partial charge in [-0.25, -0.2) is 0 Å². The lowest BCUT2D eigenvalue weighted by molar-refractivity contribution is -0.153. The molecule has 118 valence electrons. The van der Waals surface area contributed by atoms with Crippen molar-refractivity contribution in [1.82, 2.24) is 0 Å². The van der Waals surface area contributed by atoms with Crippen LogP contribution in [0.25, 0.3) is 0 Å². The molecule has 0 unspecified atom stereocenters. The van der Waals surface area contributed by atoms with Crippen LogP contribution in [-0.2, 0) is 0 Å². The van der Waals surface area contributed by atoms with Crippen LogP contribution >= 0.6 is 0 Å². The number of rotatable bonds is 5. The largest absolute Gasteiger partial charge is 0.484 e. The second-order valence-electron chi connectivity index (χ2n) is 3.87. The molecule has 21 heavy (non-hydrogen) atoms. The summed E-state index contributed by atoms with van der Waals surface area (Å²) < 4.78 is 80.7. The van der Waals surface area contributed by atoms with E-state index in [9.17, 15) is 31.1 Å². The number of carbonyl (C=O) groups is 1. The number of halogens is 6. The van der Waals surface area contributed by atoms with E-state index in [4.69, 9.17) is 5.73 Å². The Kier molecular flexibility index (Phi) is 4.92. The van der Waals surface area contributed by atoms with Crippen LogP contribution in [0.5, 0.6) is 11.5 Å². The van der Waals surface area contributed by atoms with E-state index in [-0.39, 0.29) is 5.56 Å². The number of primary amides is 1. The maximum atomic E-state index is 12.0. The van der Waals surface area contributed by atoms with Crippen LogP contribution in [0.15, 0.2) is 18.2 Å². The third-order valence-corrected chi connectivity index (χ3v) is 1.97. The maximum Gasteiger partial charge on any atom is 0.422 e. The lowest BCUT2D eigenvalue weighted by atomic mass is 10.2. The van der Waals surface area contributed by atoms with Gasteiger partial charge < -0.3 is 15.2 Å². The number of nitrogens with two attached hydrogens (primary N) is 1. The smallest absolute Gasteiger partial charge is 0.422 e. The lowest BCUT2D eigenvalue weighted by Gasteiger charge is -2.13. The van der Waals surface area contributed by atoms with Crippen LogP contribution in [0, 0.1) is 0 Å². The third kappa shape index (κ3) is 6.72. The number of hydrogen-bond acceptors (Lipinski definition) is 3.